The highest BCUT2D eigenvalue weighted by Gasteiger charge is 2.25. The van der Waals surface area contributed by atoms with Gasteiger partial charge in [-0.1, -0.05) is 12.1 Å². The standard InChI is InChI=1S/C15H23N3O2/c1-11(19)12-3-5-13(6-4-12)17-15(20)16-9-10-18(2)14-7-8-14/h3-6,11,14,19H,7-10H2,1-2H3,(H2,16,17,20). The highest BCUT2D eigenvalue weighted by atomic mass is 16.3. The van der Waals surface area contributed by atoms with Gasteiger partial charge in [-0.15, -0.1) is 0 Å². The van der Waals surface area contributed by atoms with Crippen LogP contribution < -0.4 is 10.6 Å². The minimum atomic E-state index is -0.490. The van der Waals surface area contributed by atoms with Crippen LogP contribution in [0.4, 0.5) is 10.5 Å². The summed E-state index contributed by atoms with van der Waals surface area (Å²) < 4.78 is 0. The lowest BCUT2D eigenvalue weighted by Crippen LogP contribution is -2.36. The average molecular weight is 277 g/mol. The van der Waals surface area contributed by atoms with E-state index >= 15 is 0 Å². The first-order valence-electron chi connectivity index (χ1n) is 7.09. The highest BCUT2D eigenvalue weighted by molar-refractivity contribution is 5.89. The van der Waals surface area contributed by atoms with Crippen molar-refractivity contribution in [1.29, 1.82) is 0 Å². The summed E-state index contributed by atoms with van der Waals surface area (Å²) in [4.78, 5) is 14.0. The molecule has 0 radical (unpaired) electrons. The number of carbonyl (C=O) groups is 1. The summed E-state index contributed by atoms with van der Waals surface area (Å²) in [6.45, 7) is 3.23. The molecule has 110 valence electrons. The Morgan fingerprint density at radius 1 is 1.40 bits per heavy atom. The van der Waals surface area contributed by atoms with E-state index in [9.17, 15) is 9.90 Å². The van der Waals surface area contributed by atoms with E-state index in [0.717, 1.165) is 17.8 Å². The van der Waals surface area contributed by atoms with Gasteiger partial charge in [0.2, 0.25) is 0 Å². The number of urea groups is 1. The van der Waals surface area contributed by atoms with Crippen molar-refractivity contribution in [3.05, 3.63) is 29.8 Å². The third-order valence-electron chi connectivity index (χ3n) is 3.57. The maximum Gasteiger partial charge on any atom is 0.319 e. The smallest absolute Gasteiger partial charge is 0.319 e. The van der Waals surface area contributed by atoms with Crippen molar-refractivity contribution >= 4 is 11.7 Å². The van der Waals surface area contributed by atoms with E-state index in [-0.39, 0.29) is 6.03 Å². The molecule has 0 aromatic heterocycles. The van der Waals surface area contributed by atoms with E-state index in [4.69, 9.17) is 0 Å². The second kappa shape index (κ2) is 6.72. The number of aliphatic hydroxyl groups excluding tert-OH is 1. The molecule has 0 aliphatic heterocycles. The van der Waals surface area contributed by atoms with Crippen LogP contribution in [0.1, 0.15) is 31.4 Å². The Kier molecular flexibility index (Phi) is 4.98. The molecule has 1 atom stereocenters. The maximum absolute atomic E-state index is 11.7. The summed E-state index contributed by atoms with van der Waals surface area (Å²) >= 11 is 0. The van der Waals surface area contributed by atoms with Gasteiger partial charge in [-0.3, -0.25) is 0 Å². The average Bonchev–Trinajstić information content (AvgIpc) is 3.23. The van der Waals surface area contributed by atoms with Crippen LogP contribution in [-0.4, -0.2) is 42.2 Å². The lowest BCUT2D eigenvalue weighted by Gasteiger charge is -2.16. The molecular formula is C15H23N3O2. The number of aliphatic hydroxyl groups is 1. The summed E-state index contributed by atoms with van der Waals surface area (Å²) in [7, 11) is 2.09. The molecule has 0 saturated heterocycles. The summed E-state index contributed by atoms with van der Waals surface area (Å²) in [6, 6.07) is 7.71. The summed E-state index contributed by atoms with van der Waals surface area (Å²) in [5.74, 6) is 0. The van der Waals surface area contributed by atoms with E-state index in [1.807, 2.05) is 0 Å². The number of anilines is 1. The van der Waals surface area contributed by atoms with Crippen molar-refractivity contribution in [3.63, 3.8) is 0 Å². The van der Waals surface area contributed by atoms with Crippen molar-refractivity contribution in [2.45, 2.75) is 31.9 Å². The third-order valence-corrected chi connectivity index (χ3v) is 3.57. The molecule has 1 unspecified atom stereocenters. The molecule has 0 bridgehead atoms. The quantitative estimate of drug-likeness (QED) is 0.744. The van der Waals surface area contributed by atoms with Crippen molar-refractivity contribution < 1.29 is 9.90 Å². The van der Waals surface area contributed by atoms with Crippen molar-refractivity contribution in [2.24, 2.45) is 0 Å². The predicted molar refractivity (Wildman–Crippen MR) is 79.7 cm³/mol. The van der Waals surface area contributed by atoms with Gasteiger partial charge in [-0.05, 0) is 44.5 Å². The van der Waals surface area contributed by atoms with Gasteiger partial charge >= 0.3 is 6.03 Å². The lowest BCUT2D eigenvalue weighted by atomic mass is 10.1. The fourth-order valence-electron chi connectivity index (χ4n) is 2.06. The molecule has 1 aliphatic rings. The van der Waals surface area contributed by atoms with Crippen molar-refractivity contribution in [1.82, 2.24) is 10.2 Å². The van der Waals surface area contributed by atoms with Crippen LogP contribution in [0.15, 0.2) is 24.3 Å². The molecule has 5 heteroatoms. The summed E-state index contributed by atoms with van der Waals surface area (Å²) in [5, 5.41) is 15.0. The number of hydrogen-bond donors (Lipinski definition) is 3. The van der Waals surface area contributed by atoms with Crippen LogP contribution in [0, 0.1) is 0 Å². The highest BCUT2D eigenvalue weighted by Crippen LogP contribution is 2.24. The molecule has 20 heavy (non-hydrogen) atoms. The number of carbonyl (C=O) groups excluding carboxylic acids is 1. The van der Waals surface area contributed by atoms with Gasteiger partial charge in [0.15, 0.2) is 0 Å². The molecule has 3 N–H and O–H groups in total. The Hall–Kier alpha value is -1.59. The minimum absolute atomic E-state index is 0.195. The zero-order valence-corrected chi connectivity index (χ0v) is 12.1. The zero-order chi connectivity index (χ0) is 14.5. The number of benzene rings is 1. The first-order chi connectivity index (χ1) is 9.56. The Morgan fingerprint density at radius 2 is 2.05 bits per heavy atom. The Bertz CT molecular complexity index is 441. The normalized spacial score (nSPS) is 16.0. The number of likely N-dealkylation sites (N-methyl/N-ethyl adjacent to an activating group) is 1. The van der Waals surface area contributed by atoms with Gasteiger partial charge in [0.05, 0.1) is 6.10 Å². The van der Waals surface area contributed by atoms with Crippen molar-refractivity contribution in [3.8, 4) is 0 Å². The van der Waals surface area contributed by atoms with Crippen LogP contribution >= 0.6 is 0 Å². The summed E-state index contributed by atoms with van der Waals surface area (Å²) in [5.41, 5.74) is 1.56. The van der Waals surface area contributed by atoms with Crippen LogP contribution in [0.25, 0.3) is 0 Å². The Morgan fingerprint density at radius 3 is 2.60 bits per heavy atom. The van der Waals surface area contributed by atoms with Crippen LogP contribution in [0.2, 0.25) is 0 Å². The van der Waals surface area contributed by atoms with Crippen molar-refractivity contribution in [2.75, 3.05) is 25.5 Å². The van der Waals surface area contributed by atoms with Gasteiger partial charge < -0.3 is 20.6 Å². The molecule has 0 spiro atoms. The van der Waals surface area contributed by atoms with Gasteiger partial charge in [0.1, 0.15) is 0 Å². The molecular weight excluding hydrogens is 254 g/mol. The van der Waals surface area contributed by atoms with Crippen LogP contribution in [0.5, 0.6) is 0 Å². The minimum Gasteiger partial charge on any atom is -0.389 e. The fourth-order valence-corrected chi connectivity index (χ4v) is 2.06. The molecule has 1 aromatic carbocycles. The SMILES string of the molecule is CC(O)c1ccc(NC(=O)NCCN(C)C2CC2)cc1. The topological polar surface area (TPSA) is 64.6 Å². The van der Waals surface area contributed by atoms with E-state index in [1.54, 1.807) is 31.2 Å². The van der Waals surface area contributed by atoms with E-state index < -0.39 is 6.10 Å². The van der Waals surface area contributed by atoms with Gasteiger partial charge in [0, 0.05) is 24.8 Å². The second-order valence-corrected chi connectivity index (χ2v) is 5.39. The lowest BCUT2D eigenvalue weighted by molar-refractivity contribution is 0.199. The van der Waals surface area contributed by atoms with Crippen LogP contribution in [0.3, 0.4) is 0 Å². The largest absolute Gasteiger partial charge is 0.389 e. The fraction of sp³-hybridized carbons (Fsp3) is 0.533. The first-order valence-corrected chi connectivity index (χ1v) is 7.09. The van der Waals surface area contributed by atoms with E-state index in [2.05, 4.69) is 22.6 Å². The molecule has 0 heterocycles. The number of nitrogens with one attached hydrogen (secondary N) is 2. The monoisotopic (exact) mass is 277 g/mol. The number of amides is 2. The number of nitrogens with zero attached hydrogens (tertiary/aromatic N) is 1. The molecule has 1 fully saturated rings. The molecule has 5 nitrogen and oxygen atoms in total. The third kappa shape index (κ3) is 4.51. The van der Waals surface area contributed by atoms with Gasteiger partial charge in [0.25, 0.3) is 0 Å². The number of hydrogen-bond acceptors (Lipinski definition) is 3. The Balaban J connectivity index is 1.70. The molecule has 1 saturated carbocycles. The summed E-state index contributed by atoms with van der Waals surface area (Å²) in [6.07, 6.45) is 2.06. The van der Waals surface area contributed by atoms with E-state index in [1.165, 1.54) is 12.8 Å². The van der Waals surface area contributed by atoms with Gasteiger partial charge in [-0.2, -0.15) is 0 Å². The van der Waals surface area contributed by atoms with Crippen LogP contribution in [-0.2, 0) is 0 Å². The maximum atomic E-state index is 11.7. The Labute approximate surface area is 120 Å². The molecule has 1 aliphatic carbocycles. The first kappa shape index (κ1) is 14.8. The van der Waals surface area contributed by atoms with E-state index in [0.29, 0.717) is 12.6 Å². The molecule has 2 amide bonds. The molecule has 2 rings (SSSR count). The predicted octanol–water partition coefficient (Wildman–Crippen LogP) is 1.96. The second-order valence-electron chi connectivity index (χ2n) is 5.39. The zero-order valence-electron chi connectivity index (χ0n) is 12.1. The number of rotatable bonds is 6. The molecule has 1 aromatic rings. The van der Waals surface area contributed by atoms with Gasteiger partial charge in [-0.25, -0.2) is 4.79 Å².